The van der Waals surface area contributed by atoms with Crippen molar-refractivity contribution in [1.29, 1.82) is 0 Å². The zero-order valence-electron chi connectivity index (χ0n) is 20.1. The van der Waals surface area contributed by atoms with Gasteiger partial charge in [0.05, 0.1) is 12.3 Å². The predicted molar refractivity (Wildman–Crippen MR) is 148 cm³/mol. The van der Waals surface area contributed by atoms with E-state index in [0.717, 1.165) is 21.2 Å². The maximum atomic E-state index is 14.6. The molecule has 1 fully saturated rings. The second-order valence-corrected chi connectivity index (χ2v) is 10.8. The van der Waals surface area contributed by atoms with Crippen LogP contribution in [0, 0.1) is 5.41 Å². The fourth-order valence-corrected chi connectivity index (χ4v) is 6.86. The second kappa shape index (κ2) is 8.43. The van der Waals surface area contributed by atoms with E-state index in [1.165, 1.54) is 0 Å². The number of ketones is 3. The van der Waals surface area contributed by atoms with Crippen LogP contribution in [0.1, 0.15) is 59.7 Å². The summed E-state index contributed by atoms with van der Waals surface area (Å²) in [5, 5.41) is 6.51. The van der Waals surface area contributed by atoms with Crippen LogP contribution >= 0.6 is 15.9 Å². The first-order valence-corrected chi connectivity index (χ1v) is 13.3. The van der Waals surface area contributed by atoms with E-state index < -0.39 is 23.4 Å². The fraction of sp³-hybridized carbons (Fsp3) is 0.125. The molecule has 38 heavy (non-hydrogen) atoms. The van der Waals surface area contributed by atoms with Gasteiger partial charge in [-0.05, 0) is 28.8 Å². The smallest absolute Gasteiger partial charge is 0.187 e. The lowest BCUT2D eigenvalue weighted by atomic mass is 9.63. The Hall–Kier alpha value is -4.16. The number of carbonyl (C=O) groups excluding carboxylic acids is 3. The maximum Gasteiger partial charge on any atom is 0.187 e. The standard InChI is InChI=1S/C32H21BrN2O3/c33-22-16-14-19(15-17-22)26-27(28(36)20-8-2-1-3-9-20)35-29(23-11-5-4-10-21(23)18-34-35)32(26)30(37)24-12-6-7-13-25(24)31(32)38/h1-18,26-27,29H/t26-,27+,29+/m0/s1. The van der Waals surface area contributed by atoms with E-state index in [2.05, 4.69) is 15.9 Å². The number of halogens is 1. The molecule has 6 heteroatoms. The molecule has 1 spiro atoms. The first-order chi connectivity index (χ1) is 18.5. The fourth-order valence-electron chi connectivity index (χ4n) is 6.59. The van der Waals surface area contributed by atoms with Gasteiger partial charge in [0.25, 0.3) is 0 Å². The number of Topliss-reactive ketones (excluding diaryl/α,β-unsaturated/α-hetero) is 3. The average Bonchev–Trinajstić information content (AvgIpc) is 3.40. The van der Waals surface area contributed by atoms with E-state index in [1.807, 2.05) is 66.7 Å². The van der Waals surface area contributed by atoms with Gasteiger partial charge in [-0.15, -0.1) is 0 Å². The molecular formula is C32H21BrN2O3. The highest BCUT2D eigenvalue weighted by Gasteiger charge is 2.72. The Balaban J connectivity index is 1.56. The molecule has 184 valence electrons. The number of hydrogen-bond acceptors (Lipinski definition) is 5. The molecule has 0 amide bonds. The minimum atomic E-state index is -1.56. The molecule has 4 aromatic carbocycles. The van der Waals surface area contributed by atoms with Crippen molar-refractivity contribution in [2.45, 2.75) is 18.0 Å². The minimum Gasteiger partial charge on any atom is -0.293 e. The van der Waals surface area contributed by atoms with Crippen molar-refractivity contribution >= 4 is 39.5 Å². The molecule has 1 aliphatic carbocycles. The molecule has 1 saturated heterocycles. The second-order valence-electron chi connectivity index (χ2n) is 9.93. The summed E-state index contributed by atoms with van der Waals surface area (Å²) < 4.78 is 0.868. The van der Waals surface area contributed by atoms with Crippen molar-refractivity contribution in [1.82, 2.24) is 5.01 Å². The number of hydrazone groups is 1. The largest absolute Gasteiger partial charge is 0.293 e. The van der Waals surface area contributed by atoms with Crippen LogP contribution in [-0.2, 0) is 0 Å². The highest BCUT2D eigenvalue weighted by Crippen LogP contribution is 2.64. The van der Waals surface area contributed by atoms with Gasteiger partial charge < -0.3 is 0 Å². The van der Waals surface area contributed by atoms with Gasteiger partial charge >= 0.3 is 0 Å². The highest BCUT2D eigenvalue weighted by molar-refractivity contribution is 9.10. The summed E-state index contributed by atoms with van der Waals surface area (Å²) >= 11 is 3.50. The van der Waals surface area contributed by atoms with Crippen molar-refractivity contribution in [3.8, 4) is 0 Å². The third-order valence-electron chi connectivity index (χ3n) is 8.13. The Kier molecular flexibility index (Phi) is 5.10. The monoisotopic (exact) mass is 560 g/mol. The molecule has 7 rings (SSSR count). The average molecular weight is 561 g/mol. The maximum absolute atomic E-state index is 14.6. The summed E-state index contributed by atoms with van der Waals surface area (Å²) in [6.07, 6.45) is 1.73. The number of nitrogens with zero attached hydrogens (tertiary/aromatic N) is 2. The van der Waals surface area contributed by atoms with Crippen molar-refractivity contribution in [3.63, 3.8) is 0 Å². The number of hydrogen-bond donors (Lipinski definition) is 0. The molecule has 0 aromatic heterocycles. The van der Waals surface area contributed by atoms with Crippen molar-refractivity contribution in [2.24, 2.45) is 10.5 Å². The third kappa shape index (κ3) is 2.98. The van der Waals surface area contributed by atoms with E-state index in [4.69, 9.17) is 5.10 Å². The van der Waals surface area contributed by atoms with Gasteiger partial charge in [-0.25, -0.2) is 0 Å². The molecule has 2 aliphatic heterocycles. The van der Waals surface area contributed by atoms with Crippen molar-refractivity contribution < 1.29 is 14.4 Å². The number of carbonyl (C=O) groups is 3. The van der Waals surface area contributed by atoms with E-state index in [1.54, 1.807) is 47.6 Å². The Labute approximate surface area is 227 Å². The Morgan fingerprint density at radius 3 is 2.05 bits per heavy atom. The van der Waals surface area contributed by atoms with Crippen LogP contribution in [0.4, 0.5) is 0 Å². The zero-order valence-corrected chi connectivity index (χ0v) is 21.7. The normalized spacial score (nSPS) is 22.3. The van der Waals surface area contributed by atoms with Gasteiger partial charge in [-0.1, -0.05) is 107 Å². The van der Waals surface area contributed by atoms with Gasteiger partial charge in [0.15, 0.2) is 17.3 Å². The summed E-state index contributed by atoms with van der Waals surface area (Å²) in [6, 6.07) is 29.7. The van der Waals surface area contributed by atoms with Crippen LogP contribution in [0.2, 0.25) is 0 Å². The lowest BCUT2D eigenvalue weighted by Gasteiger charge is -2.36. The summed E-state index contributed by atoms with van der Waals surface area (Å²) in [6.45, 7) is 0. The molecular weight excluding hydrogens is 540 g/mol. The van der Waals surface area contributed by atoms with E-state index in [9.17, 15) is 14.4 Å². The van der Waals surface area contributed by atoms with Crippen molar-refractivity contribution in [3.05, 3.63) is 141 Å². The number of benzene rings is 4. The molecule has 0 N–H and O–H groups in total. The van der Waals surface area contributed by atoms with E-state index in [-0.39, 0.29) is 17.3 Å². The summed E-state index contributed by atoms with van der Waals surface area (Å²) in [5.74, 6) is -1.44. The summed E-state index contributed by atoms with van der Waals surface area (Å²) in [5.41, 5.74) is 2.17. The van der Waals surface area contributed by atoms with Crippen molar-refractivity contribution in [2.75, 3.05) is 0 Å². The summed E-state index contributed by atoms with van der Waals surface area (Å²) in [4.78, 5) is 43.6. The van der Waals surface area contributed by atoms with Crippen LogP contribution in [0.25, 0.3) is 0 Å². The third-order valence-corrected chi connectivity index (χ3v) is 8.66. The first-order valence-electron chi connectivity index (χ1n) is 12.5. The zero-order chi connectivity index (χ0) is 26.0. The molecule has 0 saturated carbocycles. The van der Waals surface area contributed by atoms with Gasteiger partial charge in [0.1, 0.15) is 11.5 Å². The molecule has 0 radical (unpaired) electrons. The van der Waals surface area contributed by atoms with Crippen LogP contribution in [0.3, 0.4) is 0 Å². The first kappa shape index (κ1) is 23.0. The topological polar surface area (TPSA) is 66.8 Å². The van der Waals surface area contributed by atoms with Crippen LogP contribution in [0.5, 0.6) is 0 Å². The van der Waals surface area contributed by atoms with E-state index in [0.29, 0.717) is 16.7 Å². The van der Waals surface area contributed by atoms with Gasteiger partial charge in [-0.2, -0.15) is 5.10 Å². The molecule has 0 bridgehead atoms. The quantitative estimate of drug-likeness (QED) is 0.219. The lowest BCUT2D eigenvalue weighted by molar-refractivity contribution is 0.0586. The Morgan fingerprint density at radius 2 is 1.37 bits per heavy atom. The Bertz CT molecular complexity index is 1630. The lowest BCUT2D eigenvalue weighted by Crippen LogP contribution is -2.43. The van der Waals surface area contributed by atoms with Gasteiger partial charge in [-0.3, -0.25) is 19.4 Å². The Morgan fingerprint density at radius 1 is 0.763 bits per heavy atom. The van der Waals surface area contributed by atoms with Crippen LogP contribution in [0.15, 0.2) is 113 Å². The number of fused-ring (bicyclic) bond motifs is 5. The molecule has 3 aliphatic rings. The van der Waals surface area contributed by atoms with Gasteiger partial charge in [0, 0.05) is 27.1 Å². The number of rotatable bonds is 3. The molecule has 5 nitrogen and oxygen atoms in total. The minimum absolute atomic E-state index is 0.173. The summed E-state index contributed by atoms with van der Waals surface area (Å²) in [7, 11) is 0. The SMILES string of the molecule is O=C(c1ccccc1)[C@H]1[C@H](c2ccc(Br)cc2)C2(C(=O)c3ccccc3C2=O)[C@H]2c3ccccc3C=NN12. The van der Waals surface area contributed by atoms with E-state index >= 15 is 0 Å². The molecule has 3 atom stereocenters. The van der Waals surface area contributed by atoms with Crippen LogP contribution < -0.4 is 0 Å². The van der Waals surface area contributed by atoms with Gasteiger partial charge in [0.2, 0.25) is 0 Å². The molecule has 2 heterocycles. The highest BCUT2D eigenvalue weighted by atomic mass is 79.9. The molecule has 4 aromatic rings. The predicted octanol–water partition coefficient (Wildman–Crippen LogP) is 6.25. The van der Waals surface area contributed by atoms with Crippen LogP contribution in [-0.4, -0.2) is 34.6 Å². The molecule has 0 unspecified atom stereocenters.